The Morgan fingerprint density at radius 1 is 1.53 bits per heavy atom. The highest BCUT2D eigenvalue weighted by Crippen LogP contribution is 2.35. The van der Waals surface area contributed by atoms with Gasteiger partial charge in [0, 0.05) is 0 Å². The molecule has 0 bridgehead atoms. The van der Waals surface area contributed by atoms with E-state index in [9.17, 15) is 0 Å². The Hall–Kier alpha value is -1.28. The number of ether oxygens (including phenoxy) is 2. The van der Waals surface area contributed by atoms with Gasteiger partial charge in [-0.3, -0.25) is 0 Å². The molecule has 0 spiro atoms. The molecule has 2 nitrogen and oxygen atoms in total. The lowest BCUT2D eigenvalue weighted by Crippen LogP contribution is -1.99. The summed E-state index contributed by atoms with van der Waals surface area (Å²) in [6.45, 7) is 4.28. The van der Waals surface area contributed by atoms with E-state index in [1.807, 2.05) is 6.07 Å². The van der Waals surface area contributed by atoms with Crippen LogP contribution in [0.1, 0.15) is 23.7 Å². The normalized spacial score (nSPS) is 18.6. The molecule has 1 unspecified atom stereocenters. The Kier molecular flexibility index (Phi) is 3.07. The van der Waals surface area contributed by atoms with Crippen LogP contribution in [0.25, 0.3) is 0 Å². The topological polar surface area (TPSA) is 18.5 Å². The summed E-state index contributed by atoms with van der Waals surface area (Å²) in [6.07, 6.45) is 4.18. The molecule has 0 fully saturated rings. The van der Waals surface area contributed by atoms with Gasteiger partial charge in [0.2, 0.25) is 0 Å². The molecule has 0 N–H and O–H groups in total. The van der Waals surface area contributed by atoms with Gasteiger partial charge >= 0.3 is 0 Å². The second-order valence-electron chi connectivity index (χ2n) is 3.71. The summed E-state index contributed by atoms with van der Waals surface area (Å²) in [5, 5.41) is 0. The second-order valence-corrected chi connectivity index (χ2v) is 3.71. The van der Waals surface area contributed by atoms with Crippen LogP contribution in [-0.2, 0) is 11.2 Å². The zero-order valence-electron chi connectivity index (χ0n) is 9.03. The quantitative estimate of drug-likeness (QED) is 0.702. The fourth-order valence-corrected chi connectivity index (χ4v) is 2.04. The predicted octanol–water partition coefficient (Wildman–Crippen LogP) is 2.89. The molecular weight excluding hydrogens is 188 g/mol. The van der Waals surface area contributed by atoms with E-state index in [-0.39, 0.29) is 6.10 Å². The average molecular weight is 204 g/mol. The summed E-state index contributed by atoms with van der Waals surface area (Å²) in [5.74, 6) is 0.929. The summed E-state index contributed by atoms with van der Waals surface area (Å²) in [6, 6.07) is 6.20. The highest BCUT2D eigenvalue weighted by atomic mass is 16.5. The van der Waals surface area contributed by atoms with E-state index in [1.54, 1.807) is 13.2 Å². The molecule has 0 aromatic heterocycles. The standard InChI is InChI=1S/C13H16O2/c1-3-8-15-13-7-4-10-9-11(14-2)5-6-12(10)13/h3,5-6,9,13H,1,4,7-8H2,2H3. The van der Waals surface area contributed by atoms with Crippen LogP contribution in [-0.4, -0.2) is 13.7 Å². The number of rotatable bonds is 4. The number of methoxy groups -OCH3 is 1. The third kappa shape index (κ3) is 2.05. The van der Waals surface area contributed by atoms with Crippen molar-refractivity contribution >= 4 is 0 Å². The highest BCUT2D eigenvalue weighted by molar-refractivity contribution is 5.39. The van der Waals surface area contributed by atoms with E-state index in [2.05, 4.69) is 18.7 Å². The third-order valence-electron chi connectivity index (χ3n) is 2.79. The molecule has 0 aliphatic heterocycles. The number of hydrogen-bond acceptors (Lipinski definition) is 2. The molecule has 0 saturated carbocycles. The van der Waals surface area contributed by atoms with Crippen LogP contribution in [0.4, 0.5) is 0 Å². The van der Waals surface area contributed by atoms with Crippen LogP contribution >= 0.6 is 0 Å². The Labute approximate surface area is 90.5 Å². The first-order valence-electron chi connectivity index (χ1n) is 5.24. The Balaban J connectivity index is 2.16. The van der Waals surface area contributed by atoms with Crippen LogP contribution in [0.5, 0.6) is 5.75 Å². The molecule has 1 aliphatic rings. The van der Waals surface area contributed by atoms with Gasteiger partial charge in [-0.15, -0.1) is 6.58 Å². The fraction of sp³-hybridized carbons (Fsp3) is 0.385. The molecule has 2 rings (SSSR count). The van der Waals surface area contributed by atoms with Gasteiger partial charge in [-0.2, -0.15) is 0 Å². The maximum Gasteiger partial charge on any atom is 0.119 e. The van der Waals surface area contributed by atoms with Crippen molar-refractivity contribution in [3.05, 3.63) is 42.0 Å². The summed E-state index contributed by atoms with van der Waals surface area (Å²) in [7, 11) is 1.70. The van der Waals surface area contributed by atoms with Crippen molar-refractivity contribution in [3.63, 3.8) is 0 Å². The second kappa shape index (κ2) is 4.49. The minimum atomic E-state index is 0.240. The van der Waals surface area contributed by atoms with Crippen molar-refractivity contribution in [3.8, 4) is 5.75 Å². The lowest BCUT2D eigenvalue weighted by molar-refractivity contribution is 0.0758. The summed E-state index contributed by atoms with van der Waals surface area (Å²) >= 11 is 0. The van der Waals surface area contributed by atoms with Gasteiger partial charge in [0.15, 0.2) is 0 Å². The van der Waals surface area contributed by atoms with Crippen LogP contribution < -0.4 is 4.74 Å². The van der Waals surface area contributed by atoms with Gasteiger partial charge in [0.05, 0.1) is 19.8 Å². The van der Waals surface area contributed by atoms with Gasteiger partial charge in [-0.1, -0.05) is 12.1 Å². The lowest BCUT2D eigenvalue weighted by atomic mass is 10.1. The molecule has 2 heteroatoms. The maximum absolute atomic E-state index is 5.69. The van der Waals surface area contributed by atoms with E-state index in [0.29, 0.717) is 6.61 Å². The molecule has 0 saturated heterocycles. The van der Waals surface area contributed by atoms with Gasteiger partial charge in [-0.05, 0) is 36.1 Å². The summed E-state index contributed by atoms with van der Waals surface area (Å²) in [4.78, 5) is 0. The van der Waals surface area contributed by atoms with Crippen molar-refractivity contribution in [2.24, 2.45) is 0 Å². The lowest BCUT2D eigenvalue weighted by Gasteiger charge is -2.11. The van der Waals surface area contributed by atoms with Crippen LogP contribution in [0.3, 0.4) is 0 Å². The zero-order valence-corrected chi connectivity index (χ0v) is 9.03. The Morgan fingerprint density at radius 2 is 2.40 bits per heavy atom. The summed E-state index contributed by atoms with van der Waals surface area (Å²) < 4.78 is 10.9. The highest BCUT2D eigenvalue weighted by Gasteiger charge is 2.22. The van der Waals surface area contributed by atoms with Crippen molar-refractivity contribution < 1.29 is 9.47 Å². The monoisotopic (exact) mass is 204 g/mol. The molecule has 15 heavy (non-hydrogen) atoms. The van der Waals surface area contributed by atoms with E-state index < -0.39 is 0 Å². The van der Waals surface area contributed by atoms with Gasteiger partial charge in [0.25, 0.3) is 0 Å². The van der Waals surface area contributed by atoms with E-state index in [0.717, 1.165) is 18.6 Å². The van der Waals surface area contributed by atoms with Crippen molar-refractivity contribution in [1.82, 2.24) is 0 Å². The fourth-order valence-electron chi connectivity index (χ4n) is 2.04. The van der Waals surface area contributed by atoms with Gasteiger partial charge < -0.3 is 9.47 Å². The van der Waals surface area contributed by atoms with Crippen LogP contribution in [0, 0.1) is 0 Å². The van der Waals surface area contributed by atoms with E-state index >= 15 is 0 Å². The number of aryl methyl sites for hydroxylation is 1. The first kappa shape index (κ1) is 10.2. The molecular formula is C13H16O2. The zero-order chi connectivity index (χ0) is 10.7. The van der Waals surface area contributed by atoms with Gasteiger partial charge in [0.1, 0.15) is 5.75 Å². The first-order chi connectivity index (χ1) is 7.35. The largest absolute Gasteiger partial charge is 0.497 e. The van der Waals surface area contributed by atoms with Crippen molar-refractivity contribution in [1.29, 1.82) is 0 Å². The van der Waals surface area contributed by atoms with Crippen LogP contribution in [0.15, 0.2) is 30.9 Å². The number of fused-ring (bicyclic) bond motifs is 1. The molecule has 80 valence electrons. The SMILES string of the molecule is C=CCOC1CCc2cc(OC)ccc21. The molecule has 1 aliphatic carbocycles. The average Bonchev–Trinajstić information content (AvgIpc) is 2.68. The van der Waals surface area contributed by atoms with Crippen LogP contribution in [0.2, 0.25) is 0 Å². The smallest absolute Gasteiger partial charge is 0.119 e. The number of hydrogen-bond donors (Lipinski definition) is 0. The molecule has 1 aromatic carbocycles. The predicted molar refractivity (Wildman–Crippen MR) is 60.2 cm³/mol. The number of benzene rings is 1. The van der Waals surface area contributed by atoms with Crippen molar-refractivity contribution in [2.45, 2.75) is 18.9 Å². The molecule has 1 aromatic rings. The van der Waals surface area contributed by atoms with E-state index in [1.165, 1.54) is 11.1 Å². The van der Waals surface area contributed by atoms with Crippen molar-refractivity contribution in [2.75, 3.05) is 13.7 Å². The Morgan fingerprint density at radius 3 is 3.13 bits per heavy atom. The molecule has 0 amide bonds. The van der Waals surface area contributed by atoms with E-state index in [4.69, 9.17) is 9.47 Å². The maximum atomic E-state index is 5.69. The molecule has 0 heterocycles. The molecule has 0 radical (unpaired) electrons. The summed E-state index contributed by atoms with van der Waals surface area (Å²) in [5.41, 5.74) is 2.65. The third-order valence-corrected chi connectivity index (χ3v) is 2.79. The first-order valence-corrected chi connectivity index (χ1v) is 5.24. The minimum absolute atomic E-state index is 0.240. The molecule has 1 atom stereocenters. The Bertz CT molecular complexity index is 358. The minimum Gasteiger partial charge on any atom is -0.497 e. The van der Waals surface area contributed by atoms with Gasteiger partial charge in [-0.25, -0.2) is 0 Å².